The number of benzene rings is 1. The van der Waals surface area contributed by atoms with E-state index < -0.39 is 11.9 Å². The van der Waals surface area contributed by atoms with Crippen molar-refractivity contribution < 1.29 is 24.5 Å². The number of hydrogen-bond donors (Lipinski definition) is 2. The molecule has 80 valence electrons. The maximum atomic E-state index is 10.7. The molecular formula is C10H10O5. The molecule has 0 atom stereocenters. The molecule has 0 unspecified atom stereocenters. The lowest BCUT2D eigenvalue weighted by molar-refractivity contribution is -0.137. The van der Waals surface area contributed by atoms with Crippen LogP contribution >= 0.6 is 0 Å². The molecule has 0 amide bonds. The first-order valence-corrected chi connectivity index (χ1v) is 4.28. The molecule has 5 heteroatoms. The van der Waals surface area contributed by atoms with E-state index in [0.717, 1.165) is 0 Å². The average Bonchev–Trinajstić information content (AvgIpc) is 2.17. The zero-order chi connectivity index (χ0) is 11.3. The summed E-state index contributed by atoms with van der Waals surface area (Å²) < 4.78 is 5.05. The van der Waals surface area contributed by atoms with Crippen molar-refractivity contribution in [1.82, 2.24) is 0 Å². The highest BCUT2D eigenvalue weighted by atomic mass is 16.5. The molecule has 0 saturated heterocycles. The van der Waals surface area contributed by atoms with Crippen LogP contribution in [0.2, 0.25) is 0 Å². The zero-order valence-electron chi connectivity index (χ0n) is 7.84. The van der Waals surface area contributed by atoms with Crippen molar-refractivity contribution in [3.63, 3.8) is 0 Å². The number of rotatable bonds is 5. The molecule has 1 aromatic rings. The van der Waals surface area contributed by atoms with Gasteiger partial charge in [-0.3, -0.25) is 4.79 Å². The Morgan fingerprint density at radius 3 is 2.47 bits per heavy atom. The minimum atomic E-state index is -1.10. The van der Waals surface area contributed by atoms with E-state index in [-0.39, 0.29) is 24.3 Å². The Morgan fingerprint density at radius 2 is 1.87 bits per heavy atom. The largest absolute Gasteiger partial charge is 0.492 e. The maximum absolute atomic E-state index is 10.7. The summed E-state index contributed by atoms with van der Waals surface area (Å²) >= 11 is 0. The predicted octanol–water partition coefficient (Wildman–Crippen LogP) is 1.24. The Morgan fingerprint density at radius 1 is 1.20 bits per heavy atom. The first-order valence-electron chi connectivity index (χ1n) is 4.28. The standard InChI is InChI=1S/C10H10O5/c11-9(12)5-6-15-8-4-2-1-3-7(8)10(13)14/h1-4H,5-6H2,(H,11,12)(H,13,14). The average molecular weight is 210 g/mol. The van der Waals surface area contributed by atoms with E-state index in [1.54, 1.807) is 12.1 Å². The molecule has 5 nitrogen and oxygen atoms in total. The lowest BCUT2D eigenvalue weighted by Crippen LogP contribution is -2.07. The number of carboxylic acids is 2. The highest BCUT2D eigenvalue weighted by molar-refractivity contribution is 5.90. The van der Waals surface area contributed by atoms with Crippen molar-refractivity contribution >= 4 is 11.9 Å². The summed E-state index contributed by atoms with van der Waals surface area (Å²) in [7, 11) is 0. The van der Waals surface area contributed by atoms with E-state index in [9.17, 15) is 9.59 Å². The van der Waals surface area contributed by atoms with Gasteiger partial charge in [0.2, 0.25) is 0 Å². The third kappa shape index (κ3) is 3.30. The summed E-state index contributed by atoms with van der Waals surface area (Å²) in [4.78, 5) is 20.9. The topological polar surface area (TPSA) is 83.8 Å². The molecule has 0 radical (unpaired) electrons. The minimum Gasteiger partial charge on any atom is -0.492 e. The van der Waals surface area contributed by atoms with Crippen LogP contribution < -0.4 is 4.74 Å². The van der Waals surface area contributed by atoms with E-state index in [1.165, 1.54) is 12.1 Å². The van der Waals surface area contributed by atoms with Crippen LogP contribution in [-0.2, 0) is 4.79 Å². The summed E-state index contributed by atoms with van der Waals surface area (Å²) in [6, 6.07) is 6.10. The van der Waals surface area contributed by atoms with E-state index in [4.69, 9.17) is 14.9 Å². The first-order chi connectivity index (χ1) is 7.11. The molecule has 0 aromatic heterocycles. The molecule has 0 bridgehead atoms. The van der Waals surface area contributed by atoms with Gasteiger partial charge >= 0.3 is 11.9 Å². The normalized spacial score (nSPS) is 9.60. The Kier molecular flexibility index (Phi) is 3.68. The smallest absolute Gasteiger partial charge is 0.339 e. The molecule has 0 aliphatic heterocycles. The minimum absolute atomic E-state index is 0.0305. The van der Waals surface area contributed by atoms with Crippen molar-refractivity contribution in [2.75, 3.05) is 6.61 Å². The molecule has 1 aromatic carbocycles. The Balaban J connectivity index is 2.67. The van der Waals surface area contributed by atoms with Gasteiger partial charge in [0.1, 0.15) is 11.3 Å². The van der Waals surface area contributed by atoms with Crippen LogP contribution in [0.15, 0.2) is 24.3 Å². The fourth-order valence-corrected chi connectivity index (χ4v) is 1.02. The number of carbonyl (C=O) groups is 2. The summed E-state index contributed by atoms with van der Waals surface area (Å²) in [6.45, 7) is -0.0420. The summed E-state index contributed by atoms with van der Waals surface area (Å²) in [6.07, 6.45) is -0.159. The van der Waals surface area contributed by atoms with Crippen LogP contribution in [0.4, 0.5) is 0 Å². The Bertz CT molecular complexity index is 372. The second-order valence-corrected chi connectivity index (χ2v) is 2.79. The highest BCUT2D eigenvalue weighted by Gasteiger charge is 2.10. The predicted molar refractivity (Wildman–Crippen MR) is 51.1 cm³/mol. The second-order valence-electron chi connectivity index (χ2n) is 2.79. The molecule has 0 spiro atoms. The lowest BCUT2D eigenvalue weighted by atomic mass is 10.2. The van der Waals surface area contributed by atoms with Crippen molar-refractivity contribution in [2.24, 2.45) is 0 Å². The van der Waals surface area contributed by atoms with E-state index >= 15 is 0 Å². The van der Waals surface area contributed by atoms with Crippen LogP contribution in [0.1, 0.15) is 16.8 Å². The van der Waals surface area contributed by atoms with Gasteiger partial charge in [0.25, 0.3) is 0 Å². The third-order valence-corrected chi connectivity index (χ3v) is 1.69. The van der Waals surface area contributed by atoms with Crippen molar-refractivity contribution in [2.45, 2.75) is 6.42 Å². The number of aliphatic carboxylic acids is 1. The number of carboxylic acid groups (broad SMARTS) is 2. The Hall–Kier alpha value is -2.04. The molecule has 1 rings (SSSR count). The molecule has 0 saturated carbocycles. The van der Waals surface area contributed by atoms with Gasteiger partial charge in [-0.05, 0) is 12.1 Å². The Labute approximate surface area is 85.9 Å². The van der Waals surface area contributed by atoms with Gasteiger partial charge in [-0.15, -0.1) is 0 Å². The molecule has 0 heterocycles. The van der Waals surface area contributed by atoms with Crippen LogP contribution in [-0.4, -0.2) is 28.8 Å². The van der Waals surface area contributed by atoms with Gasteiger partial charge in [0.15, 0.2) is 0 Å². The van der Waals surface area contributed by atoms with Crippen LogP contribution in [0.3, 0.4) is 0 Å². The highest BCUT2D eigenvalue weighted by Crippen LogP contribution is 2.17. The van der Waals surface area contributed by atoms with Crippen LogP contribution in [0.25, 0.3) is 0 Å². The van der Waals surface area contributed by atoms with Gasteiger partial charge in [0.05, 0.1) is 13.0 Å². The molecule has 0 aliphatic carbocycles. The summed E-state index contributed by atoms with van der Waals surface area (Å²) in [5.41, 5.74) is 0.0305. The fraction of sp³-hybridized carbons (Fsp3) is 0.200. The van der Waals surface area contributed by atoms with E-state index in [0.29, 0.717) is 0 Å². The van der Waals surface area contributed by atoms with Crippen molar-refractivity contribution in [1.29, 1.82) is 0 Å². The van der Waals surface area contributed by atoms with Crippen LogP contribution in [0.5, 0.6) is 5.75 Å². The number of aromatic carboxylic acids is 1. The van der Waals surface area contributed by atoms with Crippen molar-refractivity contribution in [3.05, 3.63) is 29.8 Å². The van der Waals surface area contributed by atoms with Gasteiger partial charge < -0.3 is 14.9 Å². The molecular weight excluding hydrogens is 200 g/mol. The molecule has 2 N–H and O–H groups in total. The van der Waals surface area contributed by atoms with Gasteiger partial charge in [-0.25, -0.2) is 4.79 Å². The summed E-state index contributed by atoms with van der Waals surface area (Å²) in [5.74, 6) is -1.89. The second kappa shape index (κ2) is 4.99. The van der Waals surface area contributed by atoms with Crippen molar-refractivity contribution in [3.8, 4) is 5.75 Å². The molecule has 0 aliphatic rings. The maximum Gasteiger partial charge on any atom is 0.339 e. The molecule has 15 heavy (non-hydrogen) atoms. The van der Waals surface area contributed by atoms with Gasteiger partial charge in [-0.1, -0.05) is 12.1 Å². The number of para-hydroxylation sites is 1. The monoisotopic (exact) mass is 210 g/mol. The quantitative estimate of drug-likeness (QED) is 0.763. The third-order valence-electron chi connectivity index (χ3n) is 1.69. The van der Waals surface area contributed by atoms with Gasteiger partial charge in [0, 0.05) is 0 Å². The lowest BCUT2D eigenvalue weighted by Gasteiger charge is -2.06. The SMILES string of the molecule is O=C(O)CCOc1ccccc1C(=O)O. The van der Waals surface area contributed by atoms with Gasteiger partial charge in [-0.2, -0.15) is 0 Å². The van der Waals surface area contributed by atoms with E-state index in [1.807, 2.05) is 0 Å². The number of ether oxygens (including phenoxy) is 1. The van der Waals surface area contributed by atoms with Crippen LogP contribution in [0, 0.1) is 0 Å². The fourth-order valence-electron chi connectivity index (χ4n) is 1.02. The van der Waals surface area contributed by atoms with E-state index in [2.05, 4.69) is 0 Å². The first kappa shape index (κ1) is 11.0. The number of hydrogen-bond acceptors (Lipinski definition) is 3. The molecule has 0 fully saturated rings. The zero-order valence-corrected chi connectivity index (χ0v) is 7.84. The summed E-state index contributed by atoms with van der Waals surface area (Å²) in [5, 5.41) is 17.2.